The fourth-order valence-corrected chi connectivity index (χ4v) is 2.59. The Bertz CT molecular complexity index is 334. The summed E-state index contributed by atoms with van der Waals surface area (Å²) >= 11 is 0. The van der Waals surface area contributed by atoms with Crippen molar-refractivity contribution >= 4 is 11.8 Å². The van der Waals surface area contributed by atoms with E-state index in [9.17, 15) is 9.59 Å². The van der Waals surface area contributed by atoms with Gasteiger partial charge in [0.15, 0.2) is 5.78 Å². The van der Waals surface area contributed by atoms with Crippen LogP contribution in [0.25, 0.3) is 0 Å². The van der Waals surface area contributed by atoms with Crippen molar-refractivity contribution in [2.75, 3.05) is 0 Å². The lowest BCUT2D eigenvalue weighted by molar-refractivity contribution is -0.137. The quantitative estimate of drug-likeness (QED) is 0.567. The molecule has 2 heterocycles. The van der Waals surface area contributed by atoms with Crippen molar-refractivity contribution < 1.29 is 19.4 Å². The number of ether oxygens (including phenoxy) is 1. The predicted molar refractivity (Wildman–Crippen MR) is 61.6 cm³/mol. The number of ketones is 1. The van der Waals surface area contributed by atoms with Crippen LogP contribution in [0.3, 0.4) is 0 Å². The minimum atomic E-state index is -0.755. The molecular formula is C13H18O4. The number of rotatable bonds is 6. The maximum absolute atomic E-state index is 11.7. The fraction of sp³-hybridized carbons (Fsp3) is 0.692. The summed E-state index contributed by atoms with van der Waals surface area (Å²) in [5.74, 6) is -0.448. The van der Waals surface area contributed by atoms with Gasteiger partial charge in [-0.1, -0.05) is 12.2 Å². The second-order valence-corrected chi connectivity index (χ2v) is 4.74. The molecule has 0 aromatic rings. The molecule has 4 nitrogen and oxygen atoms in total. The number of fused-ring (bicyclic) bond motifs is 2. The molecule has 17 heavy (non-hydrogen) atoms. The van der Waals surface area contributed by atoms with E-state index < -0.39 is 5.97 Å². The first-order valence-corrected chi connectivity index (χ1v) is 6.24. The molecular weight excluding hydrogens is 220 g/mol. The molecule has 94 valence electrons. The smallest absolute Gasteiger partial charge is 0.303 e. The van der Waals surface area contributed by atoms with Gasteiger partial charge in [-0.05, 0) is 32.1 Å². The lowest BCUT2D eigenvalue weighted by Gasteiger charge is -2.14. The number of carboxylic acids is 1. The van der Waals surface area contributed by atoms with Gasteiger partial charge in [-0.2, -0.15) is 0 Å². The number of carbonyl (C=O) groups is 2. The highest BCUT2D eigenvalue weighted by Crippen LogP contribution is 2.37. The van der Waals surface area contributed by atoms with E-state index in [1.165, 1.54) is 0 Å². The lowest BCUT2D eigenvalue weighted by Crippen LogP contribution is -2.26. The molecule has 0 unspecified atom stereocenters. The number of hydrogen-bond acceptors (Lipinski definition) is 3. The normalized spacial score (nSPS) is 31.5. The zero-order valence-corrected chi connectivity index (χ0v) is 9.80. The topological polar surface area (TPSA) is 63.6 Å². The van der Waals surface area contributed by atoms with Crippen LogP contribution in [0, 0.1) is 5.92 Å². The highest BCUT2D eigenvalue weighted by Gasteiger charge is 2.47. The van der Waals surface area contributed by atoms with Crippen molar-refractivity contribution in [1.29, 1.82) is 0 Å². The maximum Gasteiger partial charge on any atom is 0.303 e. The second-order valence-electron chi connectivity index (χ2n) is 4.74. The Morgan fingerprint density at radius 2 is 2.24 bits per heavy atom. The van der Waals surface area contributed by atoms with E-state index in [0.29, 0.717) is 6.42 Å². The molecule has 0 spiro atoms. The van der Waals surface area contributed by atoms with Crippen LogP contribution in [0.15, 0.2) is 12.2 Å². The van der Waals surface area contributed by atoms with E-state index in [0.717, 1.165) is 25.7 Å². The van der Waals surface area contributed by atoms with Crippen LogP contribution < -0.4 is 0 Å². The summed E-state index contributed by atoms with van der Waals surface area (Å²) < 4.78 is 5.55. The standard InChI is InChI=1S/C13H18O4/c14-12(15)6-4-2-1-3-5-9-10-7-8-11(17-10)13(9)16/h1,3,9-11H,2,4-8H2,(H,14,15)/t9-,10-,11-/m1/s1. The summed E-state index contributed by atoms with van der Waals surface area (Å²) in [7, 11) is 0. The molecule has 2 bridgehead atoms. The minimum Gasteiger partial charge on any atom is -0.481 e. The van der Waals surface area contributed by atoms with Gasteiger partial charge in [0.05, 0.1) is 12.0 Å². The summed E-state index contributed by atoms with van der Waals surface area (Å²) in [4.78, 5) is 22.0. The molecule has 3 atom stereocenters. The molecule has 2 aliphatic rings. The van der Waals surface area contributed by atoms with Crippen LogP contribution in [0.5, 0.6) is 0 Å². The lowest BCUT2D eigenvalue weighted by atomic mass is 9.85. The first kappa shape index (κ1) is 12.3. The van der Waals surface area contributed by atoms with Crippen LogP contribution in [-0.4, -0.2) is 29.1 Å². The van der Waals surface area contributed by atoms with E-state index >= 15 is 0 Å². The zero-order chi connectivity index (χ0) is 12.3. The summed E-state index contributed by atoms with van der Waals surface area (Å²) in [6, 6.07) is 0. The van der Waals surface area contributed by atoms with E-state index in [2.05, 4.69) is 0 Å². The second kappa shape index (κ2) is 5.45. The summed E-state index contributed by atoms with van der Waals surface area (Å²) in [5.41, 5.74) is 0. The van der Waals surface area contributed by atoms with E-state index in [-0.39, 0.29) is 30.3 Å². The van der Waals surface area contributed by atoms with Gasteiger partial charge in [-0.25, -0.2) is 0 Å². The minimum absolute atomic E-state index is 0.0458. The molecule has 0 amide bonds. The third-order valence-electron chi connectivity index (χ3n) is 3.50. The maximum atomic E-state index is 11.7. The van der Waals surface area contributed by atoms with Crippen LogP contribution >= 0.6 is 0 Å². The number of aliphatic carboxylic acids is 1. The third-order valence-corrected chi connectivity index (χ3v) is 3.50. The van der Waals surface area contributed by atoms with Gasteiger partial charge in [0.25, 0.3) is 0 Å². The fourth-order valence-electron chi connectivity index (χ4n) is 2.59. The van der Waals surface area contributed by atoms with Crippen LogP contribution in [0.4, 0.5) is 0 Å². The van der Waals surface area contributed by atoms with Gasteiger partial charge in [0.2, 0.25) is 0 Å². The summed E-state index contributed by atoms with van der Waals surface area (Å²) in [5, 5.41) is 8.46. The molecule has 0 aromatic carbocycles. The van der Waals surface area contributed by atoms with Crippen molar-refractivity contribution in [3.63, 3.8) is 0 Å². The van der Waals surface area contributed by atoms with Crippen molar-refractivity contribution in [2.45, 2.75) is 50.7 Å². The Balaban J connectivity index is 1.67. The largest absolute Gasteiger partial charge is 0.481 e. The first-order chi connectivity index (χ1) is 8.18. The first-order valence-electron chi connectivity index (χ1n) is 6.24. The van der Waals surface area contributed by atoms with Crippen LogP contribution in [0.2, 0.25) is 0 Å². The molecule has 1 N–H and O–H groups in total. The Morgan fingerprint density at radius 3 is 2.88 bits per heavy atom. The molecule has 4 heteroatoms. The molecule has 0 radical (unpaired) electrons. The van der Waals surface area contributed by atoms with Gasteiger partial charge in [-0.3, -0.25) is 9.59 Å². The van der Waals surface area contributed by atoms with Crippen molar-refractivity contribution in [3.8, 4) is 0 Å². The third kappa shape index (κ3) is 2.94. The number of allylic oxidation sites excluding steroid dienone is 2. The number of unbranched alkanes of at least 4 members (excludes halogenated alkanes) is 1. The molecule has 2 rings (SSSR count). The number of hydrogen-bond donors (Lipinski definition) is 1. The SMILES string of the molecule is O=C(O)CCCC=CC[C@H]1C(=O)[C@H]2CC[C@H]1O2. The average molecular weight is 238 g/mol. The van der Waals surface area contributed by atoms with Crippen molar-refractivity contribution in [2.24, 2.45) is 5.92 Å². The Morgan fingerprint density at radius 1 is 1.41 bits per heavy atom. The Hall–Kier alpha value is -1.16. The highest BCUT2D eigenvalue weighted by atomic mass is 16.5. The number of Topliss-reactive ketones (excluding diaryl/α,β-unsaturated/α-hetero) is 1. The van der Waals surface area contributed by atoms with Gasteiger partial charge in [0, 0.05) is 6.42 Å². The predicted octanol–water partition coefficient (Wildman–Crippen LogP) is 1.93. The zero-order valence-electron chi connectivity index (χ0n) is 9.80. The van der Waals surface area contributed by atoms with Crippen LogP contribution in [-0.2, 0) is 14.3 Å². The van der Waals surface area contributed by atoms with E-state index in [1.54, 1.807) is 0 Å². The molecule has 0 aliphatic carbocycles. The average Bonchev–Trinajstić information content (AvgIpc) is 2.85. The Labute approximate surface area is 101 Å². The van der Waals surface area contributed by atoms with E-state index in [4.69, 9.17) is 9.84 Å². The monoisotopic (exact) mass is 238 g/mol. The molecule has 0 aromatic heterocycles. The van der Waals surface area contributed by atoms with Crippen molar-refractivity contribution in [1.82, 2.24) is 0 Å². The van der Waals surface area contributed by atoms with Crippen LogP contribution in [0.1, 0.15) is 38.5 Å². The van der Waals surface area contributed by atoms with Gasteiger partial charge in [0.1, 0.15) is 6.10 Å². The number of carboxylic acid groups (broad SMARTS) is 1. The molecule has 0 saturated carbocycles. The van der Waals surface area contributed by atoms with Crippen molar-refractivity contribution in [3.05, 3.63) is 12.2 Å². The van der Waals surface area contributed by atoms with E-state index in [1.807, 2.05) is 12.2 Å². The summed E-state index contributed by atoms with van der Waals surface area (Å²) in [6.07, 6.45) is 8.25. The molecule has 2 fully saturated rings. The number of carbonyl (C=O) groups excluding carboxylic acids is 1. The summed E-state index contributed by atoms with van der Waals surface area (Å²) in [6.45, 7) is 0. The van der Waals surface area contributed by atoms with Gasteiger partial charge >= 0.3 is 5.97 Å². The highest BCUT2D eigenvalue weighted by molar-refractivity contribution is 5.88. The van der Waals surface area contributed by atoms with Gasteiger partial charge < -0.3 is 9.84 Å². The molecule has 2 saturated heterocycles. The Kier molecular flexibility index (Phi) is 3.94. The molecule has 2 aliphatic heterocycles. The van der Waals surface area contributed by atoms with Gasteiger partial charge in [-0.15, -0.1) is 0 Å².